The molecular weight excluding hydrogens is 174 g/mol. The monoisotopic (exact) mass is 191 g/mol. The predicted molar refractivity (Wildman–Crippen MR) is 61.7 cm³/mol. The first-order valence-corrected chi connectivity index (χ1v) is 4.13. The Bertz CT molecular complexity index is 215. The van der Waals surface area contributed by atoms with Crippen molar-refractivity contribution in [2.24, 2.45) is 5.73 Å². The number of rotatable bonds is 1. The van der Waals surface area contributed by atoms with Gasteiger partial charge < -0.3 is 10.5 Å². The van der Waals surface area contributed by atoms with E-state index in [9.17, 15) is 0 Å². The maximum atomic E-state index is 8.00. The highest BCUT2D eigenvalue weighted by Crippen LogP contribution is 1.79. The average molecular weight is 191 g/mol. The highest BCUT2D eigenvalue weighted by molar-refractivity contribution is 5.11. The molecule has 1 rings (SSSR count). The molecule has 1 aromatic rings. The fourth-order valence-electron chi connectivity index (χ4n) is 0.599. The largest absolute Gasteiger partial charge is 0.399 e. The molecule has 0 aliphatic heterocycles. The molecular formula is C12H17NO. The molecule has 0 atom stereocenters. The number of carbonyl (C=O) groups excluding carboxylic acids is 1. The topological polar surface area (TPSA) is 43.1 Å². The van der Waals surface area contributed by atoms with Gasteiger partial charge in [-0.25, -0.2) is 0 Å². The molecule has 0 saturated heterocycles. The second kappa shape index (κ2) is 13.7. The Morgan fingerprint density at radius 1 is 1.07 bits per heavy atom. The van der Waals surface area contributed by atoms with E-state index in [-0.39, 0.29) is 0 Å². The first-order chi connectivity index (χ1) is 6.77. The molecule has 0 aromatic heterocycles. The van der Waals surface area contributed by atoms with Gasteiger partial charge in [0.05, 0.1) is 0 Å². The van der Waals surface area contributed by atoms with Gasteiger partial charge in [0.1, 0.15) is 6.79 Å². The van der Waals surface area contributed by atoms with E-state index in [0.29, 0.717) is 5.70 Å². The van der Waals surface area contributed by atoms with Gasteiger partial charge in [0.2, 0.25) is 0 Å². The molecule has 2 nitrogen and oxygen atoms in total. The molecule has 76 valence electrons. The Balaban J connectivity index is 0. The zero-order chi connectivity index (χ0) is 11.2. The van der Waals surface area contributed by atoms with E-state index >= 15 is 0 Å². The lowest BCUT2D eigenvalue weighted by atomic mass is 10.4. The summed E-state index contributed by atoms with van der Waals surface area (Å²) in [7, 11) is 0. The van der Waals surface area contributed by atoms with Gasteiger partial charge >= 0.3 is 0 Å². The summed E-state index contributed by atoms with van der Waals surface area (Å²) >= 11 is 0. The van der Waals surface area contributed by atoms with E-state index in [1.54, 1.807) is 6.08 Å². The van der Waals surface area contributed by atoms with E-state index in [1.165, 1.54) is 0 Å². The number of carbonyl (C=O) groups is 1. The van der Waals surface area contributed by atoms with E-state index < -0.39 is 0 Å². The Morgan fingerprint density at radius 3 is 1.43 bits per heavy atom. The normalized spacial score (nSPS) is 7.79. The molecule has 2 N–H and O–H groups in total. The Morgan fingerprint density at radius 2 is 1.36 bits per heavy atom. The first-order valence-electron chi connectivity index (χ1n) is 4.13. The molecule has 0 aliphatic rings. The van der Waals surface area contributed by atoms with Crippen LogP contribution in [0.5, 0.6) is 0 Å². The molecule has 0 bridgehead atoms. The van der Waals surface area contributed by atoms with E-state index in [4.69, 9.17) is 10.5 Å². The van der Waals surface area contributed by atoms with Crippen LogP contribution in [0.25, 0.3) is 0 Å². The molecule has 14 heavy (non-hydrogen) atoms. The van der Waals surface area contributed by atoms with Crippen molar-refractivity contribution in [3.05, 3.63) is 60.8 Å². The van der Waals surface area contributed by atoms with Crippen LogP contribution in [0.1, 0.15) is 6.92 Å². The predicted octanol–water partition coefficient (Wildman–Crippen LogP) is 2.54. The highest BCUT2D eigenvalue weighted by atomic mass is 16.1. The van der Waals surface area contributed by atoms with E-state index in [1.807, 2.05) is 56.2 Å². The lowest BCUT2D eigenvalue weighted by Crippen LogP contribution is -1.86. The van der Waals surface area contributed by atoms with Gasteiger partial charge in [0.15, 0.2) is 0 Å². The molecule has 0 unspecified atom stereocenters. The van der Waals surface area contributed by atoms with Crippen LogP contribution in [-0.2, 0) is 4.79 Å². The highest BCUT2D eigenvalue weighted by Gasteiger charge is 1.63. The van der Waals surface area contributed by atoms with Crippen molar-refractivity contribution in [1.29, 1.82) is 0 Å². The van der Waals surface area contributed by atoms with Gasteiger partial charge in [0, 0.05) is 5.70 Å². The molecule has 0 spiro atoms. The van der Waals surface area contributed by atoms with Gasteiger partial charge in [-0.1, -0.05) is 49.1 Å². The Kier molecular flexibility index (Phi) is 14.4. The van der Waals surface area contributed by atoms with Crippen LogP contribution in [0.15, 0.2) is 60.8 Å². The average Bonchev–Trinajstić information content (AvgIpc) is 2.24. The van der Waals surface area contributed by atoms with Crippen LogP contribution in [0.4, 0.5) is 0 Å². The summed E-state index contributed by atoms with van der Waals surface area (Å²) in [5, 5.41) is 0. The third-order valence-corrected chi connectivity index (χ3v) is 1.05. The molecule has 0 heterocycles. The first kappa shape index (κ1) is 14.7. The lowest BCUT2D eigenvalue weighted by molar-refractivity contribution is -0.0979. The molecule has 1 aromatic carbocycles. The number of benzene rings is 1. The molecule has 0 aliphatic carbocycles. The molecule has 0 amide bonds. The molecule has 0 radical (unpaired) electrons. The van der Waals surface area contributed by atoms with Crippen LogP contribution in [-0.4, -0.2) is 6.79 Å². The van der Waals surface area contributed by atoms with E-state index in [2.05, 4.69) is 6.58 Å². The van der Waals surface area contributed by atoms with Crippen molar-refractivity contribution >= 4 is 6.79 Å². The SMILES string of the molecule is C=C(N)/C=C\C.C=O.c1ccccc1. The molecule has 0 saturated carbocycles. The summed E-state index contributed by atoms with van der Waals surface area (Å²) in [5.41, 5.74) is 5.73. The zero-order valence-electron chi connectivity index (χ0n) is 8.52. The minimum Gasteiger partial charge on any atom is -0.399 e. The number of hydrogen-bond donors (Lipinski definition) is 1. The maximum Gasteiger partial charge on any atom is 0.106 e. The third-order valence-electron chi connectivity index (χ3n) is 1.05. The summed E-state index contributed by atoms with van der Waals surface area (Å²) in [6.07, 6.45) is 3.60. The van der Waals surface area contributed by atoms with Crippen molar-refractivity contribution in [2.75, 3.05) is 0 Å². The van der Waals surface area contributed by atoms with Gasteiger partial charge in [-0.05, 0) is 13.0 Å². The minimum atomic E-state index is 0.609. The zero-order valence-corrected chi connectivity index (χ0v) is 8.52. The van der Waals surface area contributed by atoms with E-state index in [0.717, 1.165) is 0 Å². The minimum absolute atomic E-state index is 0.609. The van der Waals surface area contributed by atoms with Crippen molar-refractivity contribution in [1.82, 2.24) is 0 Å². The van der Waals surface area contributed by atoms with Gasteiger partial charge in [-0.3, -0.25) is 0 Å². The van der Waals surface area contributed by atoms with Crippen LogP contribution in [0.3, 0.4) is 0 Å². The summed E-state index contributed by atoms with van der Waals surface area (Å²) in [6, 6.07) is 12.0. The maximum absolute atomic E-state index is 8.00. The lowest BCUT2D eigenvalue weighted by Gasteiger charge is -1.78. The van der Waals surface area contributed by atoms with Gasteiger partial charge in [-0.15, -0.1) is 0 Å². The van der Waals surface area contributed by atoms with Crippen molar-refractivity contribution in [2.45, 2.75) is 6.92 Å². The van der Waals surface area contributed by atoms with Crippen molar-refractivity contribution < 1.29 is 4.79 Å². The third kappa shape index (κ3) is 16.6. The number of hydrogen-bond acceptors (Lipinski definition) is 2. The van der Waals surface area contributed by atoms with Crippen molar-refractivity contribution in [3.8, 4) is 0 Å². The Labute approximate surface area is 85.8 Å². The second-order valence-electron chi connectivity index (χ2n) is 2.23. The fourth-order valence-corrected chi connectivity index (χ4v) is 0.599. The Hall–Kier alpha value is -1.83. The quantitative estimate of drug-likeness (QED) is 0.693. The number of nitrogens with two attached hydrogens (primary N) is 1. The molecule has 0 fully saturated rings. The smallest absolute Gasteiger partial charge is 0.106 e. The van der Waals surface area contributed by atoms with Crippen LogP contribution < -0.4 is 5.73 Å². The summed E-state index contributed by atoms with van der Waals surface area (Å²) in [6.45, 7) is 7.34. The van der Waals surface area contributed by atoms with Crippen molar-refractivity contribution in [3.63, 3.8) is 0 Å². The van der Waals surface area contributed by atoms with Crippen LogP contribution in [0, 0.1) is 0 Å². The fraction of sp³-hybridized carbons (Fsp3) is 0.0833. The van der Waals surface area contributed by atoms with Crippen LogP contribution >= 0.6 is 0 Å². The second-order valence-corrected chi connectivity index (χ2v) is 2.23. The standard InChI is InChI=1S/C6H6.C5H9N.CH2O/c1-2-4-6-5-3-1;1-3-4-5(2)6;1-2/h1-6H;3-4H,2,6H2,1H3;1H2/b;4-3-;. The number of allylic oxidation sites excluding steroid dienone is 2. The van der Waals surface area contributed by atoms with Crippen LogP contribution in [0.2, 0.25) is 0 Å². The van der Waals surface area contributed by atoms with Gasteiger partial charge in [0.25, 0.3) is 0 Å². The summed E-state index contributed by atoms with van der Waals surface area (Å²) in [5.74, 6) is 0. The summed E-state index contributed by atoms with van der Waals surface area (Å²) < 4.78 is 0. The molecule has 2 heteroatoms. The van der Waals surface area contributed by atoms with Gasteiger partial charge in [-0.2, -0.15) is 0 Å². The summed E-state index contributed by atoms with van der Waals surface area (Å²) in [4.78, 5) is 8.00.